The molecule has 0 radical (unpaired) electrons. The number of imidazole rings is 1. The van der Waals surface area contributed by atoms with Crippen LogP contribution >= 0.6 is 0 Å². The van der Waals surface area contributed by atoms with Crippen LogP contribution in [0.2, 0.25) is 0 Å². The number of fused-ring (bicyclic) bond motifs is 1. The van der Waals surface area contributed by atoms with Gasteiger partial charge in [0.05, 0.1) is 11.0 Å². The Balaban J connectivity index is 1.63. The molecule has 1 unspecified atom stereocenters. The minimum absolute atomic E-state index is 0.0361. The first kappa shape index (κ1) is 18.7. The van der Waals surface area contributed by atoms with Gasteiger partial charge in [-0.1, -0.05) is 30.3 Å². The molecule has 8 heteroatoms. The first-order valence-corrected chi connectivity index (χ1v) is 9.84. The van der Waals surface area contributed by atoms with Crippen LogP contribution in [0.25, 0.3) is 28.0 Å². The standard InChI is InChI=1S/C22H22N6O2/c23-15-9-16(10-15)30-22-25-11-17(13-4-3-5-14(8-13)20(24)29)21(27-22)28-12-26-18-6-1-2-7-19(18)28/h1-8,11-12,15-16,20,29H,9-10,23-24H2. The lowest BCUT2D eigenvalue weighted by atomic mass is 9.90. The topological polar surface area (TPSA) is 125 Å². The summed E-state index contributed by atoms with van der Waals surface area (Å²) in [6, 6.07) is 15.7. The fraction of sp³-hybridized carbons (Fsp3) is 0.227. The van der Waals surface area contributed by atoms with Gasteiger partial charge in [0.2, 0.25) is 0 Å². The van der Waals surface area contributed by atoms with Crippen LogP contribution in [0.1, 0.15) is 24.6 Å². The summed E-state index contributed by atoms with van der Waals surface area (Å²) in [6.07, 6.45) is 4.03. The molecule has 30 heavy (non-hydrogen) atoms. The second kappa shape index (κ2) is 7.49. The van der Waals surface area contributed by atoms with Gasteiger partial charge in [-0.05, 0) is 42.2 Å². The third-order valence-electron chi connectivity index (χ3n) is 5.37. The van der Waals surface area contributed by atoms with Gasteiger partial charge in [0, 0.05) is 17.8 Å². The third-order valence-corrected chi connectivity index (χ3v) is 5.37. The lowest BCUT2D eigenvalue weighted by molar-refractivity contribution is 0.0904. The zero-order valence-electron chi connectivity index (χ0n) is 16.2. The van der Waals surface area contributed by atoms with E-state index in [4.69, 9.17) is 21.2 Å². The summed E-state index contributed by atoms with van der Waals surface area (Å²) in [5.74, 6) is 0.640. The van der Waals surface area contributed by atoms with E-state index in [2.05, 4.69) is 9.97 Å². The van der Waals surface area contributed by atoms with Gasteiger partial charge in [0.1, 0.15) is 18.7 Å². The van der Waals surface area contributed by atoms with Gasteiger partial charge >= 0.3 is 6.01 Å². The molecule has 2 aromatic heterocycles. The molecule has 0 saturated heterocycles. The molecule has 1 atom stereocenters. The number of rotatable bonds is 5. The summed E-state index contributed by atoms with van der Waals surface area (Å²) in [6.45, 7) is 0. The average molecular weight is 402 g/mol. The molecule has 0 aliphatic heterocycles. The zero-order chi connectivity index (χ0) is 20.7. The van der Waals surface area contributed by atoms with E-state index in [1.807, 2.05) is 47.0 Å². The van der Waals surface area contributed by atoms with E-state index in [1.54, 1.807) is 18.6 Å². The van der Waals surface area contributed by atoms with Gasteiger partial charge in [-0.3, -0.25) is 4.57 Å². The Bertz CT molecular complexity index is 1200. The largest absolute Gasteiger partial charge is 0.460 e. The minimum atomic E-state index is -1.06. The Morgan fingerprint density at radius 2 is 1.93 bits per heavy atom. The van der Waals surface area contributed by atoms with Crippen molar-refractivity contribution in [2.75, 3.05) is 0 Å². The number of benzene rings is 2. The lowest BCUT2D eigenvalue weighted by Crippen LogP contribution is -2.43. The molecular formula is C22H22N6O2. The molecule has 5 N–H and O–H groups in total. The van der Waals surface area contributed by atoms with Crippen LogP contribution in [0.3, 0.4) is 0 Å². The van der Waals surface area contributed by atoms with Crippen molar-refractivity contribution in [3.63, 3.8) is 0 Å². The van der Waals surface area contributed by atoms with E-state index in [0.29, 0.717) is 17.4 Å². The number of aliphatic hydroxyl groups excluding tert-OH is 1. The summed E-state index contributed by atoms with van der Waals surface area (Å²) in [4.78, 5) is 13.6. The van der Waals surface area contributed by atoms with Gasteiger partial charge in [0.15, 0.2) is 5.82 Å². The van der Waals surface area contributed by atoms with Crippen molar-refractivity contribution in [2.45, 2.75) is 31.2 Å². The molecule has 1 saturated carbocycles. The Morgan fingerprint density at radius 3 is 2.73 bits per heavy atom. The van der Waals surface area contributed by atoms with E-state index in [0.717, 1.165) is 35.0 Å². The van der Waals surface area contributed by atoms with Gasteiger partial charge in [0.25, 0.3) is 0 Å². The van der Waals surface area contributed by atoms with Crippen LogP contribution in [-0.2, 0) is 0 Å². The van der Waals surface area contributed by atoms with E-state index < -0.39 is 6.23 Å². The SMILES string of the molecule is NC1CC(Oc2ncc(-c3cccc(C(N)O)c3)c(-n3cnc4ccccc43)n2)C1. The first-order valence-electron chi connectivity index (χ1n) is 9.84. The molecule has 2 heterocycles. The molecule has 152 valence electrons. The summed E-state index contributed by atoms with van der Waals surface area (Å²) in [7, 11) is 0. The van der Waals surface area contributed by atoms with Gasteiger partial charge in [-0.15, -0.1) is 0 Å². The molecule has 1 aliphatic rings. The number of aromatic nitrogens is 4. The molecular weight excluding hydrogens is 380 g/mol. The van der Waals surface area contributed by atoms with Gasteiger partial charge in [-0.25, -0.2) is 9.97 Å². The highest BCUT2D eigenvalue weighted by Gasteiger charge is 2.29. The fourth-order valence-corrected chi connectivity index (χ4v) is 3.67. The van der Waals surface area contributed by atoms with E-state index in [9.17, 15) is 5.11 Å². The summed E-state index contributed by atoms with van der Waals surface area (Å²) >= 11 is 0. The monoisotopic (exact) mass is 402 g/mol. The Kier molecular flexibility index (Phi) is 4.66. The van der Waals surface area contributed by atoms with Crippen molar-refractivity contribution in [1.82, 2.24) is 19.5 Å². The quantitative estimate of drug-likeness (QED) is 0.437. The highest BCUT2D eigenvalue weighted by molar-refractivity contribution is 5.80. The smallest absolute Gasteiger partial charge is 0.318 e. The summed E-state index contributed by atoms with van der Waals surface area (Å²) in [5, 5.41) is 9.79. The fourth-order valence-electron chi connectivity index (χ4n) is 3.67. The van der Waals surface area contributed by atoms with E-state index >= 15 is 0 Å². The van der Waals surface area contributed by atoms with E-state index in [1.165, 1.54) is 0 Å². The highest BCUT2D eigenvalue weighted by atomic mass is 16.5. The van der Waals surface area contributed by atoms with Crippen molar-refractivity contribution >= 4 is 11.0 Å². The average Bonchev–Trinajstić information content (AvgIpc) is 3.17. The van der Waals surface area contributed by atoms with Crippen molar-refractivity contribution in [1.29, 1.82) is 0 Å². The van der Waals surface area contributed by atoms with Gasteiger partial charge in [-0.2, -0.15) is 4.98 Å². The minimum Gasteiger partial charge on any atom is -0.460 e. The molecule has 4 aromatic rings. The predicted molar refractivity (Wildman–Crippen MR) is 113 cm³/mol. The molecule has 0 bridgehead atoms. The molecule has 0 spiro atoms. The molecule has 0 amide bonds. The van der Waals surface area contributed by atoms with Crippen LogP contribution in [0.5, 0.6) is 6.01 Å². The Labute approximate surface area is 173 Å². The maximum absolute atomic E-state index is 9.79. The Morgan fingerprint density at radius 1 is 1.10 bits per heavy atom. The number of nitrogens with two attached hydrogens (primary N) is 2. The molecule has 5 rings (SSSR count). The second-order valence-corrected chi connectivity index (χ2v) is 7.53. The van der Waals surface area contributed by atoms with Crippen LogP contribution in [-0.4, -0.2) is 36.8 Å². The normalized spacial score (nSPS) is 19.4. The van der Waals surface area contributed by atoms with Crippen molar-refractivity contribution in [3.8, 4) is 23.0 Å². The number of para-hydroxylation sites is 2. The van der Waals surface area contributed by atoms with Crippen LogP contribution in [0, 0.1) is 0 Å². The predicted octanol–water partition coefficient (Wildman–Crippen LogP) is 2.30. The Hall–Kier alpha value is -3.33. The molecule has 8 nitrogen and oxygen atoms in total. The maximum atomic E-state index is 9.79. The lowest BCUT2D eigenvalue weighted by Gasteiger charge is -2.31. The van der Waals surface area contributed by atoms with Crippen LogP contribution in [0.4, 0.5) is 0 Å². The molecule has 2 aromatic carbocycles. The number of ether oxygens (including phenoxy) is 1. The maximum Gasteiger partial charge on any atom is 0.318 e. The number of aliphatic hydroxyl groups is 1. The van der Waals surface area contributed by atoms with Crippen molar-refractivity contribution in [3.05, 3.63) is 66.6 Å². The molecule has 1 fully saturated rings. The van der Waals surface area contributed by atoms with Gasteiger partial charge < -0.3 is 21.3 Å². The second-order valence-electron chi connectivity index (χ2n) is 7.53. The number of nitrogens with zero attached hydrogens (tertiary/aromatic N) is 4. The highest BCUT2D eigenvalue weighted by Crippen LogP contribution is 2.31. The number of hydrogen-bond donors (Lipinski definition) is 3. The van der Waals surface area contributed by atoms with E-state index in [-0.39, 0.29) is 12.1 Å². The zero-order valence-corrected chi connectivity index (χ0v) is 16.2. The first-order chi connectivity index (χ1) is 14.6. The van der Waals surface area contributed by atoms with Crippen molar-refractivity contribution < 1.29 is 9.84 Å². The summed E-state index contributed by atoms with van der Waals surface area (Å²) < 4.78 is 7.84. The van der Waals surface area contributed by atoms with Crippen LogP contribution < -0.4 is 16.2 Å². The van der Waals surface area contributed by atoms with Crippen LogP contribution in [0.15, 0.2) is 61.1 Å². The molecule has 1 aliphatic carbocycles. The summed E-state index contributed by atoms with van der Waals surface area (Å²) in [5.41, 5.74) is 15.5. The third kappa shape index (κ3) is 3.41. The number of hydrogen-bond acceptors (Lipinski definition) is 7. The van der Waals surface area contributed by atoms with Crippen molar-refractivity contribution in [2.24, 2.45) is 11.5 Å².